The standard InChI is InChI=1S/C32H30O8/c1-36-23-11-5-9-20-25(23)30(37-14-13-33)26-22-17-31(35,28(26)29(20)34)21-10-6-12-24(27(21)32(22)39-15-16-40-32)38-18-19-7-3-2-4-8-19/h2-12,22,33-35H,13-18H2,1H3. The third kappa shape index (κ3) is 3.40. The van der Waals surface area contributed by atoms with E-state index in [4.69, 9.17) is 23.7 Å². The lowest BCUT2D eigenvalue weighted by atomic mass is 9.73. The van der Waals surface area contributed by atoms with E-state index >= 15 is 0 Å². The molecule has 40 heavy (non-hydrogen) atoms. The van der Waals surface area contributed by atoms with Crippen LogP contribution in [-0.2, 0) is 27.5 Å². The molecule has 2 unspecified atom stereocenters. The Morgan fingerprint density at radius 3 is 2.40 bits per heavy atom. The van der Waals surface area contributed by atoms with Gasteiger partial charge in [-0.05, 0) is 24.1 Å². The van der Waals surface area contributed by atoms with Gasteiger partial charge in [0.15, 0.2) is 0 Å². The first-order valence-corrected chi connectivity index (χ1v) is 13.4. The van der Waals surface area contributed by atoms with Gasteiger partial charge >= 0.3 is 0 Å². The Hall–Kier alpha value is -3.82. The zero-order valence-corrected chi connectivity index (χ0v) is 22.1. The van der Waals surface area contributed by atoms with E-state index in [1.807, 2.05) is 48.5 Å². The van der Waals surface area contributed by atoms with Crippen LogP contribution in [0.25, 0.3) is 10.8 Å². The largest absolute Gasteiger partial charge is 0.507 e. The van der Waals surface area contributed by atoms with Crippen molar-refractivity contribution in [1.29, 1.82) is 0 Å². The van der Waals surface area contributed by atoms with Crippen LogP contribution in [0.1, 0.15) is 40.2 Å². The predicted molar refractivity (Wildman–Crippen MR) is 146 cm³/mol. The fourth-order valence-corrected chi connectivity index (χ4v) is 6.80. The van der Waals surface area contributed by atoms with Crippen LogP contribution in [0.3, 0.4) is 0 Å². The maximum atomic E-state index is 12.5. The summed E-state index contributed by atoms with van der Waals surface area (Å²) < 4.78 is 31.2. The quantitative estimate of drug-likeness (QED) is 0.315. The van der Waals surface area contributed by atoms with Crippen LogP contribution in [0.4, 0.5) is 0 Å². The van der Waals surface area contributed by atoms with Crippen molar-refractivity contribution in [1.82, 2.24) is 0 Å². The number of aliphatic hydroxyl groups excluding tert-OH is 1. The molecular weight excluding hydrogens is 512 g/mol. The first-order chi connectivity index (χ1) is 19.5. The van der Waals surface area contributed by atoms with Crippen molar-refractivity contribution in [3.05, 3.63) is 94.5 Å². The second-order valence-corrected chi connectivity index (χ2v) is 10.4. The molecule has 206 valence electrons. The van der Waals surface area contributed by atoms with Crippen molar-refractivity contribution in [3.8, 4) is 23.0 Å². The molecule has 3 N–H and O–H groups in total. The number of methoxy groups -OCH3 is 1. The number of benzene rings is 4. The summed E-state index contributed by atoms with van der Waals surface area (Å²) in [5.41, 5.74) is 1.53. The third-order valence-electron chi connectivity index (χ3n) is 8.31. The van der Waals surface area contributed by atoms with Crippen molar-refractivity contribution in [2.75, 3.05) is 33.5 Å². The van der Waals surface area contributed by atoms with Gasteiger partial charge in [-0.1, -0.05) is 54.6 Å². The van der Waals surface area contributed by atoms with E-state index in [9.17, 15) is 15.3 Å². The zero-order valence-electron chi connectivity index (χ0n) is 22.1. The van der Waals surface area contributed by atoms with E-state index in [1.54, 1.807) is 25.3 Å². The molecule has 8 nitrogen and oxygen atoms in total. The lowest BCUT2D eigenvalue weighted by molar-refractivity contribution is -0.199. The molecule has 1 aliphatic heterocycles. The van der Waals surface area contributed by atoms with Crippen LogP contribution < -0.4 is 14.2 Å². The molecule has 8 heteroatoms. The maximum Gasteiger partial charge on any atom is 0.206 e. The minimum absolute atomic E-state index is 0.0165. The van der Waals surface area contributed by atoms with Crippen LogP contribution in [0.5, 0.6) is 23.0 Å². The molecule has 1 saturated heterocycles. The van der Waals surface area contributed by atoms with Crippen molar-refractivity contribution < 1.29 is 39.0 Å². The van der Waals surface area contributed by atoms with Gasteiger partial charge in [0.05, 0.1) is 43.8 Å². The number of phenolic OH excluding ortho intramolecular Hbond substituents is 1. The number of aromatic hydroxyl groups is 1. The number of hydrogen-bond acceptors (Lipinski definition) is 8. The fourth-order valence-electron chi connectivity index (χ4n) is 6.80. The lowest BCUT2D eigenvalue weighted by Crippen LogP contribution is -2.43. The van der Waals surface area contributed by atoms with Crippen molar-refractivity contribution in [3.63, 3.8) is 0 Å². The van der Waals surface area contributed by atoms with Crippen LogP contribution >= 0.6 is 0 Å². The first-order valence-electron chi connectivity index (χ1n) is 13.4. The van der Waals surface area contributed by atoms with E-state index in [2.05, 4.69) is 0 Å². The van der Waals surface area contributed by atoms with Crippen LogP contribution in [0.15, 0.2) is 66.7 Å². The molecule has 1 fully saturated rings. The minimum atomic E-state index is -1.57. The minimum Gasteiger partial charge on any atom is -0.507 e. The highest BCUT2D eigenvalue weighted by Crippen LogP contribution is 2.69. The van der Waals surface area contributed by atoms with Gasteiger partial charge in [-0.3, -0.25) is 0 Å². The highest BCUT2D eigenvalue weighted by molar-refractivity contribution is 6.01. The summed E-state index contributed by atoms with van der Waals surface area (Å²) >= 11 is 0. The summed E-state index contributed by atoms with van der Waals surface area (Å²) in [6.07, 6.45) is 0.207. The molecule has 7 rings (SSSR count). The molecular formula is C32H30O8. The molecule has 2 aliphatic carbocycles. The summed E-state index contributed by atoms with van der Waals surface area (Å²) in [6.45, 7) is 0.833. The van der Waals surface area contributed by atoms with Gasteiger partial charge in [-0.2, -0.15) is 0 Å². The Morgan fingerprint density at radius 2 is 1.65 bits per heavy atom. The Kier molecular flexibility index (Phi) is 5.90. The molecule has 2 atom stereocenters. The second-order valence-electron chi connectivity index (χ2n) is 10.4. The van der Waals surface area contributed by atoms with Gasteiger partial charge in [0.25, 0.3) is 0 Å². The number of fused-ring (bicyclic) bond motifs is 5. The average Bonchev–Trinajstić information content (AvgIpc) is 3.58. The topological polar surface area (TPSA) is 107 Å². The fraction of sp³-hybridized carbons (Fsp3) is 0.312. The normalized spacial score (nSPS) is 21.8. The Morgan fingerprint density at radius 1 is 0.900 bits per heavy atom. The predicted octanol–water partition coefficient (Wildman–Crippen LogP) is 4.44. The summed E-state index contributed by atoms with van der Waals surface area (Å²) in [5, 5.41) is 35.1. The average molecular weight is 543 g/mol. The van der Waals surface area contributed by atoms with Gasteiger partial charge in [-0.25, -0.2) is 0 Å². The Balaban J connectivity index is 1.50. The molecule has 3 aliphatic rings. The molecule has 0 saturated carbocycles. The molecule has 4 aromatic rings. The highest BCUT2D eigenvalue weighted by atomic mass is 16.7. The molecule has 0 radical (unpaired) electrons. The van der Waals surface area contributed by atoms with Crippen molar-refractivity contribution in [2.24, 2.45) is 0 Å². The van der Waals surface area contributed by atoms with Gasteiger partial charge < -0.3 is 39.0 Å². The van der Waals surface area contributed by atoms with Gasteiger partial charge in [-0.15, -0.1) is 0 Å². The van der Waals surface area contributed by atoms with Crippen LogP contribution in [0.2, 0.25) is 0 Å². The number of ether oxygens (including phenoxy) is 5. The number of rotatable bonds is 7. The molecule has 1 spiro atoms. The second kappa shape index (κ2) is 9.38. The van der Waals surface area contributed by atoms with Crippen LogP contribution in [-0.4, -0.2) is 48.9 Å². The van der Waals surface area contributed by atoms with E-state index in [0.29, 0.717) is 70.1 Å². The SMILES string of the molecule is COc1cccc2c(O)c3c(c(OCCO)c12)C1CC3(O)c2cccc(OCc3ccccc3)c2C12OCCO2. The van der Waals surface area contributed by atoms with Gasteiger partial charge in [0.2, 0.25) is 5.79 Å². The molecule has 4 aromatic carbocycles. The van der Waals surface area contributed by atoms with E-state index in [0.717, 1.165) is 5.56 Å². The highest BCUT2D eigenvalue weighted by Gasteiger charge is 2.65. The van der Waals surface area contributed by atoms with Crippen molar-refractivity contribution >= 4 is 10.8 Å². The van der Waals surface area contributed by atoms with E-state index in [1.165, 1.54) is 0 Å². The summed E-state index contributed by atoms with van der Waals surface area (Å²) in [4.78, 5) is 0. The smallest absolute Gasteiger partial charge is 0.206 e. The Bertz CT molecular complexity index is 1590. The summed E-state index contributed by atoms with van der Waals surface area (Å²) in [7, 11) is 1.55. The van der Waals surface area contributed by atoms with Gasteiger partial charge in [0.1, 0.15) is 41.8 Å². The third-order valence-corrected chi connectivity index (χ3v) is 8.31. The molecule has 1 heterocycles. The van der Waals surface area contributed by atoms with E-state index in [-0.39, 0.29) is 25.4 Å². The summed E-state index contributed by atoms with van der Waals surface area (Å²) in [6, 6.07) is 20.7. The van der Waals surface area contributed by atoms with E-state index < -0.39 is 17.3 Å². The maximum absolute atomic E-state index is 12.5. The monoisotopic (exact) mass is 542 g/mol. The lowest BCUT2D eigenvalue weighted by Gasteiger charge is -2.42. The molecule has 0 amide bonds. The zero-order chi connectivity index (χ0) is 27.5. The first kappa shape index (κ1) is 25.2. The molecule has 0 aromatic heterocycles. The number of hydrogen-bond donors (Lipinski definition) is 3. The van der Waals surface area contributed by atoms with Crippen molar-refractivity contribution in [2.45, 2.75) is 30.3 Å². The Labute approximate surface area is 231 Å². The number of phenols is 1. The van der Waals surface area contributed by atoms with Crippen LogP contribution in [0, 0.1) is 0 Å². The molecule has 2 bridgehead atoms. The van der Waals surface area contributed by atoms with Gasteiger partial charge in [0, 0.05) is 22.1 Å². The summed E-state index contributed by atoms with van der Waals surface area (Å²) in [5.74, 6) is -0.408. The number of aliphatic hydroxyl groups is 2.